The second-order valence-electron chi connectivity index (χ2n) is 4.86. The van der Waals surface area contributed by atoms with Crippen LogP contribution in [0.25, 0.3) is 0 Å². The largest absolute Gasteiger partial charge is 0.366 e. The van der Waals surface area contributed by atoms with E-state index in [9.17, 15) is 9.59 Å². The number of para-hydroxylation sites is 1. The molecule has 1 saturated heterocycles. The van der Waals surface area contributed by atoms with Crippen LogP contribution >= 0.6 is 0 Å². The molecule has 1 aliphatic heterocycles. The third kappa shape index (κ3) is 3.79. The molecule has 102 valence electrons. The molecular weight excluding hydrogens is 242 g/mol. The van der Waals surface area contributed by atoms with Crippen molar-refractivity contribution in [3.8, 4) is 0 Å². The van der Waals surface area contributed by atoms with E-state index in [1.165, 1.54) is 0 Å². The maximum Gasteiger partial charge on any atom is 0.250 e. The van der Waals surface area contributed by atoms with Crippen LogP contribution in [-0.2, 0) is 4.79 Å². The summed E-state index contributed by atoms with van der Waals surface area (Å²) in [7, 11) is 0. The Morgan fingerprint density at radius 2 is 2.16 bits per heavy atom. The van der Waals surface area contributed by atoms with Crippen LogP contribution in [0.1, 0.15) is 29.6 Å². The lowest BCUT2D eigenvalue weighted by Gasteiger charge is -2.10. The van der Waals surface area contributed by atoms with E-state index in [2.05, 4.69) is 10.6 Å². The van der Waals surface area contributed by atoms with E-state index in [-0.39, 0.29) is 5.91 Å². The Kier molecular flexibility index (Phi) is 4.52. The predicted molar refractivity (Wildman–Crippen MR) is 73.8 cm³/mol. The Balaban J connectivity index is 1.89. The van der Waals surface area contributed by atoms with Crippen LogP contribution in [0.2, 0.25) is 0 Å². The smallest absolute Gasteiger partial charge is 0.250 e. The topological polar surface area (TPSA) is 84.2 Å². The Morgan fingerprint density at radius 3 is 2.84 bits per heavy atom. The van der Waals surface area contributed by atoms with E-state index < -0.39 is 5.91 Å². The molecule has 0 aromatic heterocycles. The number of primary amides is 1. The van der Waals surface area contributed by atoms with Gasteiger partial charge in [-0.25, -0.2) is 0 Å². The first-order valence-corrected chi connectivity index (χ1v) is 6.56. The highest BCUT2D eigenvalue weighted by Crippen LogP contribution is 2.17. The van der Waals surface area contributed by atoms with Gasteiger partial charge < -0.3 is 16.4 Å². The summed E-state index contributed by atoms with van der Waals surface area (Å²) < 4.78 is 0. The van der Waals surface area contributed by atoms with Crippen LogP contribution in [0, 0.1) is 5.92 Å². The molecule has 1 atom stereocenters. The van der Waals surface area contributed by atoms with Crippen molar-refractivity contribution < 1.29 is 9.59 Å². The van der Waals surface area contributed by atoms with E-state index in [4.69, 9.17) is 5.73 Å². The minimum Gasteiger partial charge on any atom is -0.366 e. The van der Waals surface area contributed by atoms with Crippen LogP contribution in [-0.4, -0.2) is 24.9 Å². The molecule has 5 nitrogen and oxygen atoms in total. The van der Waals surface area contributed by atoms with Gasteiger partial charge in [-0.15, -0.1) is 0 Å². The fourth-order valence-corrected chi connectivity index (χ4v) is 2.32. The average Bonchev–Trinajstić information content (AvgIpc) is 2.90. The summed E-state index contributed by atoms with van der Waals surface area (Å²) in [6.45, 7) is 2.03. The summed E-state index contributed by atoms with van der Waals surface area (Å²) in [5, 5.41) is 6.03. The molecule has 5 heteroatoms. The number of hydrogen-bond acceptors (Lipinski definition) is 3. The van der Waals surface area contributed by atoms with E-state index in [0.717, 1.165) is 25.9 Å². The van der Waals surface area contributed by atoms with Crippen LogP contribution in [0.5, 0.6) is 0 Å². The zero-order chi connectivity index (χ0) is 13.7. The Labute approximate surface area is 112 Å². The van der Waals surface area contributed by atoms with Gasteiger partial charge in [-0.3, -0.25) is 9.59 Å². The minimum atomic E-state index is -0.532. The molecule has 1 aromatic rings. The van der Waals surface area contributed by atoms with Gasteiger partial charge in [0.05, 0.1) is 11.3 Å². The van der Waals surface area contributed by atoms with Crippen molar-refractivity contribution in [1.29, 1.82) is 0 Å². The molecule has 1 aliphatic rings. The molecule has 19 heavy (non-hydrogen) atoms. The molecule has 1 unspecified atom stereocenters. The van der Waals surface area contributed by atoms with Crippen molar-refractivity contribution in [2.75, 3.05) is 18.4 Å². The summed E-state index contributed by atoms with van der Waals surface area (Å²) in [4.78, 5) is 23.1. The molecular formula is C14H19N3O2. The summed E-state index contributed by atoms with van der Waals surface area (Å²) in [6.07, 6.45) is 2.47. The second-order valence-corrected chi connectivity index (χ2v) is 4.86. The number of amides is 2. The third-order valence-corrected chi connectivity index (χ3v) is 3.41. The quantitative estimate of drug-likeness (QED) is 0.742. The van der Waals surface area contributed by atoms with Crippen molar-refractivity contribution in [3.63, 3.8) is 0 Å². The summed E-state index contributed by atoms with van der Waals surface area (Å²) in [5.41, 5.74) is 6.10. The molecule has 4 N–H and O–H groups in total. The van der Waals surface area contributed by atoms with Crippen molar-refractivity contribution in [1.82, 2.24) is 5.32 Å². The van der Waals surface area contributed by atoms with E-state index in [1.54, 1.807) is 24.3 Å². The monoisotopic (exact) mass is 261 g/mol. The fraction of sp³-hybridized carbons (Fsp3) is 0.429. The molecule has 2 amide bonds. The van der Waals surface area contributed by atoms with Gasteiger partial charge in [0, 0.05) is 6.42 Å². The number of nitrogens with two attached hydrogens (primary N) is 1. The van der Waals surface area contributed by atoms with Gasteiger partial charge in [0.25, 0.3) is 5.91 Å². The van der Waals surface area contributed by atoms with Gasteiger partial charge in [0.15, 0.2) is 0 Å². The molecule has 0 radical (unpaired) electrons. The summed E-state index contributed by atoms with van der Waals surface area (Å²) >= 11 is 0. The third-order valence-electron chi connectivity index (χ3n) is 3.41. The van der Waals surface area contributed by atoms with Crippen LogP contribution < -0.4 is 16.4 Å². The maximum atomic E-state index is 11.9. The van der Waals surface area contributed by atoms with Gasteiger partial charge in [-0.2, -0.15) is 0 Å². The lowest BCUT2D eigenvalue weighted by atomic mass is 10.0. The lowest BCUT2D eigenvalue weighted by molar-refractivity contribution is -0.116. The molecule has 1 aromatic carbocycles. The highest BCUT2D eigenvalue weighted by atomic mass is 16.2. The average molecular weight is 261 g/mol. The van der Waals surface area contributed by atoms with E-state index >= 15 is 0 Å². The van der Waals surface area contributed by atoms with Crippen LogP contribution in [0.15, 0.2) is 24.3 Å². The zero-order valence-electron chi connectivity index (χ0n) is 10.8. The Hall–Kier alpha value is -1.88. The van der Waals surface area contributed by atoms with E-state index in [1.807, 2.05) is 0 Å². The molecule has 2 rings (SSSR count). The maximum absolute atomic E-state index is 11.9. The molecule has 0 saturated carbocycles. The molecule has 0 bridgehead atoms. The van der Waals surface area contributed by atoms with Crippen molar-refractivity contribution in [3.05, 3.63) is 29.8 Å². The molecule has 0 aliphatic carbocycles. The Bertz CT molecular complexity index is 468. The Morgan fingerprint density at radius 1 is 1.37 bits per heavy atom. The summed E-state index contributed by atoms with van der Waals surface area (Å²) in [5.74, 6) is -0.0198. The lowest BCUT2D eigenvalue weighted by Crippen LogP contribution is -2.19. The van der Waals surface area contributed by atoms with Gasteiger partial charge in [0.2, 0.25) is 5.91 Å². The van der Waals surface area contributed by atoms with Gasteiger partial charge in [-0.1, -0.05) is 12.1 Å². The van der Waals surface area contributed by atoms with Gasteiger partial charge in [-0.05, 0) is 44.0 Å². The molecule has 0 spiro atoms. The highest BCUT2D eigenvalue weighted by molar-refractivity contribution is 6.02. The number of nitrogens with one attached hydrogen (secondary N) is 2. The number of hydrogen-bond donors (Lipinski definition) is 3. The zero-order valence-corrected chi connectivity index (χ0v) is 10.8. The van der Waals surface area contributed by atoms with Gasteiger partial charge >= 0.3 is 0 Å². The highest BCUT2D eigenvalue weighted by Gasteiger charge is 2.16. The minimum absolute atomic E-state index is 0.0689. The number of carbonyl (C=O) groups excluding carboxylic acids is 2. The van der Waals surface area contributed by atoms with Gasteiger partial charge in [0.1, 0.15) is 0 Å². The molecule has 1 heterocycles. The number of benzene rings is 1. The second kappa shape index (κ2) is 6.33. The van der Waals surface area contributed by atoms with Crippen LogP contribution in [0.4, 0.5) is 5.69 Å². The first-order valence-electron chi connectivity index (χ1n) is 6.56. The predicted octanol–water partition coefficient (Wildman–Crippen LogP) is 1.11. The molecule has 1 fully saturated rings. The number of rotatable bonds is 5. The normalized spacial score (nSPS) is 18.2. The first kappa shape index (κ1) is 13.5. The van der Waals surface area contributed by atoms with E-state index in [0.29, 0.717) is 23.6 Å². The van der Waals surface area contributed by atoms with Crippen molar-refractivity contribution in [2.45, 2.75) is 19.3 Å². The standard InChI is InChI=1S/C14H19N3O2/c15-14(19)11-3-1-2-4-12(11)17-13(18)6-5-10-7-8-16-9-10/h1-4,10,16H,5-9H2,(H2,15,19)(H,17,18). The SMILES string of the molecule is NC(=O)c1ccccc1NC(=O)CCC1CCNC1. The summed E-state index contributed by atoms with van der Waals surface area (Å²) in [6, 6.07) is 6.79. The number of anilines is 1. The fourth-order valence-electron chi connectivity index (χ4n) is 2.32. The van der Waals surface area contributed by atoms with Crippen LogP contribution in [0.3, 0.4) is 0 Å². The number of carbonyl (C=O) groups is 2. The first-order chi connectivity index (χ1) is 9.16. The van der Waals surface area contributed by atoms with Crippen molar-refractivity contribution in [2.24, 2.45) is 11.7 Å². The van der Waals surface area contributed by atoms with Crippen molar-refractivity contribution >= 4 is 17.5 Å².